The van der Waals surface area contributed by atoms with Crippen LogP contribution in [0, 0.1) is 0 Å². The standard InChI is InChI=1S/C21H20N4O2S/c1-2-25-20-17(12-22-25)16(11-18(23-20)19-6-4-10-28-19)21(26)24(14-7-8-14)13-15-5-3-9-27-15/h3-6,9-12,14H,2,7-8,13H2,1H3. The Hall–Kier alpha value is -2.93. The monoisotopic (exact) mass is 392 g/mol. The van der Waals surface area contributed by atoms with Crippen molar-refractivity contribution in [3.8, 4) is 10.6 Å². The van der Waals surface area contributed by atoms with Gasteiger partial charge in [-0.25, -0.2) is 9.67 Å². The Morgan fingerprint density at radius 3 is 2.93 bits per heavy atom. The average molecular weight is 392 g/mol. The van der Waals surface area contributed by atoms with Crippen LogP contribution < -0.4 is 0 Å². The quantitative estimate of drug-likeness (QED) is 0.482. The first-order valence-corrected chi connectivity index (χ1v) is 10.4. The highest BCUT2D eigenvalue weighted by molar-refractivity contribution is 7.13. The van der Waals surface area contributed by atoms with Gasteiger partial charge in [-0.15, -0.1) is 11.3 Å². The van der Waals surface area contributed by atoms with Crippen LogP contribution in [0.2, 0.25) is 0 Å². The molecular formula is C21H20N4O2S. The number of rotatable bonds is 6. The van der Waals surface area contributed by atoms with Crippen LogP contribution in [0.15, 0.2) is 52.6 Å². The van der Waals surface area contributed by atoms with Crippen molar-refractivity contribution in [3.63, 3.8) is 0 Å². The summed E-state index contributed by atoms with van der Waals surface area (Å²) in [6.45, 7) is 3.22. The molecule has 4 heterocycles. The number of carbonyl (C=O) groups is 1. The van der Waals surface area contributed by atoms with Crippen molar-refractivity contribution >= 4 is 28.3 Å². The number of aryl methyl sites for hydroxylation is 1. The molecule has 0 bridgehead atoms. The first-order valence-electron chi connectivity index (χ1n) is 9.48. The molecule has 0 spiro atoms. The molecule has 7 heteroatoms. The zero-order valence-corrected chi connectivity index (χ0v) is 16.4. The predicted molar refractivity (Wildman–Crippen MR) is 108 cm³/mol. The minimum Gasteiger partial charge on any atom is -0.467 e. The van der Waals surface area contributed by atoms with E-state index in [2.05, 4.69) is 5.10 Å². The third kappa shape index (κ3) is 3.01. The van der Waals surface area contributed by atoms with E-state index < -0.39 is 0 Å². The number of fused-ring (bicyclic) bond motifs is 1. The Kier molecular flexibility index (Phi) is 4.24. The van der Waals surface area contributed by atoms with Crippen molar-refractivity contribution in [2.75, 3.05) is 0 Å². The maximum Gasteiger partial charge on any atom is 0.255 e. The molecular weight excluding hydrogens is 372 g/mol. The Morgan fingerprint density at radius 2 is 2.25 bits per heavy atom. The molecule has 4 aromatic rings. The summed E-state index contributed by atoms with van der Waals surface area (Å²) in [5.74, 6) is 0.813. The van der Waals surface area contributed by atoms with E-state index in [0.717, 1.165) is 40.2 Å². The van der Waals surface area contributed by atoms with Gasteiger partial charge in [0.1, 0.15) is 5.76 Å². The Morgan fingerprint density at radius 1 is 1.36 bits per heavy atom. The van der Waals surface area contributed by atoms with Gasteiger partial charge in [0.2, 0.25) is 0 Å². The van der Waals surface area contributed by atoms with E-state index in [-0.39, 0.29) is 11.9 Å². The van der Waals surface area contributed by atoms with Crippen molar-refractivity contribution in [3.05, 3.63) is 59.5 Å². The fourth-order valence-electron chi connectivity index (χ4n) is 3.48. The van der Waals surface area contributed by atoms with Crippen LogP contribution >= 0.6 is 11.3 Å². The number of hydrogen-bond acceptors (Lipinski definition) is 5. The van der Waals surface area contributed by atoms with Crippen LogP contribution in [0.4, 0.5) is 0 Å². The Balaban J connectivity index is 1.62. The number of aromatic nitrogens is 3. The fourth-order valence-corrected chi connectivity index (χ4v) is 4.17. The van der Waals surface area contributed by atoms with Crippen LogP contribution in [0.5, 0.6) is 0 Å². The summed E-state index contributed by atoms with van der Waals surface area (Å²) in [7, 11) is 0. The van der Waals surface area contributed by atoms with Gasteiger partial charge in [0.25, 0.3) is 5.91 Å². The van der Waals surface area contributed by atoms with Crippen molar-refractivity contribution in [1.29, 1.82) is 0 Å². The van der Waals surface area contributed by atoms with Gasteiger partial charge in [-0.2, -0.15) is 5.10 Å². The largest absolute Gasteiger partial charge is 0.467 e. The Labute approximate surface area is 166 Å². The van der Waals surface area contributed by atoms with Gasteiger partial charge >= 0.3 is 0 Å². The van der Waals surface area contributed by atoms with Crippen molar-refractivity contribution in [1.82, 2.24) is 19.7 Å². The van der Waals surface area contributed by atoms with Gasteiger partial charge in [0.05, 0.1) is 40.5 Å². The predicted octanol–water partition coefficient (Wildman–Crippen LogP) is 4.58. The zero-order chi connectivity index (χ0) is 19.1. The van der Waals surface area contributed by atoms with Gasteiger partial charge in [-0.1, -0.05) is 6.07 Å². The maximum atomic E-state index is 13.6. The number of amides is 1. The van der Waals surface area contributed by atoms with Crippen LogP contribution in [0.25, 0.3) is 21.6 Å². The summed E-state index contributed by atoms with van der Waals surface area (Å²) in [5.41, 5.74) is 2.23. The first-order chi connectivity index (χ1) is 13.7. The number of hydrogen-bond donors (Lipinski definition) is 0. The lowest BCUT2D eigenvalue weighted by Gasteiger charge is -2.22. The third-order valence-electron chi connectivity index (χ3n) is 5.07. The number of thiophene rings is 1. The molecule has 142 valence electrons. The van der Waals surface area contributed by atoms with Gasteiger partial charge in [-0.3, -0.25) is 4.79 Å². The second-order valence-electron chi connectivity index (χ2n) is 6.97. The smallest absolute Gasteiger partial charge is 0.255 e. The average Bonchev–Trinajstić information content (AvgIpc) is 3.13. The summed E-state index contributed by atoms with van der Waals surface area (Å²) < 4.78 is 7.34. The van der Waals surface area contributed by atoms with Crippen LogP contribution in [0.3, 0.4) is 0 Å². The molecule has 0 saturated heterocycles. The van der Waals surface area contributed by atoms with E-state index in [1.807, 2.05) is 52.2 Å². The normalized spacial score (nSPS) is 13.9. The minimum absolute atomic E-state index is 0.0137. The molecule has 1 amide bonds. The SMILES string of the molecule is CCn1ncc2c(C(=O)N(Cc3ccco3)C3CC3)cc(-c3cccs3)nc21. The molecule has 4 aromatic heterocycles. The number of nitrogens with zero attached hydrogens (tertiary/aromatic N) is 4. The summed E-state index contributed by atoms with van der Waals surface area (Å²) in [6, 6.07) is 9.98. The van der Waals surface area contributed by atoms with E-state index >= 15 is 0 Å². The van der Waals surface area contributed by atoms with E-state index in [1.165, 1.54) is 0 Å². The second-order valence-corrected chi connectivity index (χ2v) is 7.92. The van der Waals surface area contributed by atoms with Crippen molar-refractivity contribution in [2.24, 2.45) is 0 Å². The minimum atomic E-state index is 0.0137. The summed E-state index contributed by atoms with van der Waals surface area (Å²) in [4.78, 5) is 21.4. The fraction of sp³-hybridized carbons (Fsp3) is 0.286. The molecule has 0 atom stereocenters. The third-order valence-corrected chi connectivity index (χ3v) is 5.96. The summed E-state index contributed by atoms with van der Waals surface area (Å²) in [5, 5.41) is 7.27. The van der Waals surface area contributed by atoms with E-state index in [4.69, 9.17) is 9.40 Å². The molecule has 0 aliphatic heterocycles. The molecule has 6 nitrogen and oxygen atoms in total. The van der Waals surface area contributed by atoms with Gasteiger partial charge < -0.3 is 9.32 Å². The molecule has 0 radical (unpaired) electrons. The highest BCUT2D eigenvalue weighted by atomic mass is 32.1. The molecule has 1 fully saturated rings. The highest BCUT2D eigenvalue weighted by Crippen LogP contribution is 2.33. The topological polar surface area (TPSA) is 64.2 Å². The Bertz CT molecular complexity index is 1110. The molecule has 0 aromatic carbocycles. The lowest BCUT2D eigenvalue weighted by Crippen LogP contribution is -2.32. The van der Waals surface area contributed by atoms with E-state index in [1.54, 1.807) is 23.8 Å². The summed E-state index contributed by atoms with van der Waals surface area (Å²) in [6.07, 6.45) is 5.48. The molecule has 0 N–H and O–H groups in total. The molecule has 5 rings (SSSR count). The first kappa shape index (κ1) is 17.2. The molecule has 1 saturated carbocycles. The maximum absolute atomic E-state index is 13.6. The van der Waals surface area contributed by atoms with Crippen LogP contribution in [-0.4, -0.2) is 31.6 Å². The second kappa shape index (κ2) is 6.91. The van der Waals surface area contributed by atoms with Gasteiger partial charge in [-0.05, 0) is 49.4 Å². The van der Waals surface area contributed by atoms with Crippen molar-refractivity contribution < 1.29 is 9.21 Å². The lowest BCUT2D eigenvalue weighted by molar-refractivity contribution is 0.0719. The van der Waals surface area contributed by atoms with Gasteiger partial charge in [0.15, 0.2) is 5.65 Å². The van der Waals surface area contributed by atoms with Crippen molar-refractivity contribution in [2.45, 2.75) is 38.9 Å². The molecule has 28 heavy (non-hydrogen) atoms. The van der Waals surface area contributed by atoms with Crippen LogP contribution in [-0.2, 0) is 13.1 Å². The number of carbonyl (C=O) groups excluding carboxylic acids is 1. The summed E-state index contributed by atoms with van der Waals surface area (Å²) >= 11 is 1.62. The lowest BCUT2D eigenvalue weighted by atomic mass is 10.1. The zero-order valence-electron chi connectivity index (χ0n) is 15.5. The molecule has 0 unspecified atom stereocenters. The van der Waals surface area contributed by atoms with Gasteiger partial charge in [0, 0.05) is 12.6 Å². The number of pyridine rings is 1. The van der Waals surface area contributed by atoms with E-state index in [0.29, 0.717) is 18.7 Å². The van der Waals surface area contributed by atoms with E-state index in [9.17, 15) is 4.79 Å². The highest BCUT2D eigenvalue weighted by Gasteiger charge is 2.34. The van der Waals surface area contributed by atoms with Crippen LogP contribution in [0.1, 0.15) is 35.9 Å². The molecule has 1 aliphatic rings. The molecule has 1 aliphatic carbocycles. The number of furan rings is 1.